The van der Waals surface area contributed by atoms with E-state index in [0.29, 0.717) is 11.1 Å². The molecule has 114 valence electrons. The zero-order valence-corrected chi connectivity index (χ0v) is 13.2. The lowest BCUT2D eigenvalue weighted by atomic mass is 9.78. The molecule has 1 aliphatic heterocycles. The van der Waals surface area contributed by atoms with Gasteiger partial charge in [-0.2, -0.15) is 0 Å². The molecular weight excluding hydrogens is 288 g/mol. The summed E-state index contributed by atoms with van der Waals surface area (Å²) in [7, 11) is -3.22. The highest BCUT2D eigenvalue weighted by atomic mass is 32.2. The summed E-state index contributed by atoms with van der Waals surface area (Å²) in [6, 6.07) is 4.86. The van der Waals surface area contributed by atoms with Gasteiger partial charge in [-0.3, -0.25) is 0 Å². The van der Waals surface area contributed by atoms with Crippen molar-refractivity contribution < 1.29 is 12.8 Å². The van der Waals surface area contributed by atoms with Crippen LogP contribution < -0.4 is 5.32 Å². The summed E-state index contributed by atoms with van der Waals surface area (Å²) in [6.07, 6.45) is 4.29. The molecule has 6 heteroatoms. The van der Waals surface area contributed by atoms with Gasteiger partial charge in [0, 0.05) is 12.8 Å². The smallest absolute Gasteiger partial charge is 0.202 e. The highest BCUT2D eigenvalue weighted by molar-refractivity contribution is 7.90. The van der Waals surface area contributed by atoms with E-state index >= 15 is 0 Å². The molecule has 0 spiro atoms. The minimum atomic E-state index is -3.22. The molecule has 1 aromatic carbocycles. The van der Waals surface area contributed by atoms with Gasteiger partial charge in [0.2, 0.25) is 5.89 Å². The Bertz CT molecular complexity index is 758. The lowest BCUT2D eigenvalue weighted by Crippen LogP contribution is -2.43. The normalized spacial score (nSPS) is 23.5. The maximum atomic E-state index is 11.6. The topological polar surface area (TPSA) is 72.2 Å². The molecule has 1 atom stereocenters. The van der Waals surface area contributed by atoms with Crippen LogP contribution in [-0.4, -0.2) is 32.7 Å². The number of oxazole rings is 1. The number of rotatable bonds is 3. The van der Waals surface area contributed by atoms with E-state index in [2.05, 4.69) is 17.2 Å². The molecule has 1 unspecified atom stereocenters. The van der Waals surface area contributed by atoms with Crippen LogP contribution in [0, 0.1) is 0 Å². The number of fused-ring (bicyclic) bond motifs is 1. The van der Waals surface area contributed by atoms with Gasteiger partial charge in [0.05, 0.1) is 10.3 Å². The standard InChI is InChI=1S/C15H20N2O3S/c1-3-15(7-4-8-16-10-15)14-17-12-9-11(21(2,18)19)5-6-13(12)20-14/h5-6,9,16H,3-4,7-8,10H2,1-2H3. The van der Waals surface area contributed by atoms with E-state index in [1.165, 1.54) is 6.26 Å². The highest BCUT2D eigenvalue weighted by Gasteiger charge is 2.37. The van der Waals surface area contributed by atoms with Gasteiger partial charge >= 0.3 is 0 Å². The maximum Gasteiger partial charge on any atom is 0.202 e. The van der Waals surface area contributed by atoms with Gasteiger partial charge in [0.25, 0.3) is 0 Å². The molecule has 0 bridgehead atoms. The van der Waals surface area contributed by atoms with Gasteiger partial charge < -0.3 is 9.73 Å². The lowest BCUT2D eigenvalue weighted by molar-refractivity contribution is 0.249. The zero-order valence-electron chi connectivity index (χ0n) is 12.3. The van der Waals surface area contributed by atoms with Crippen molar-refractivity contribution >= 4 is 20.9 Å². The number of hydrogen-bond acceptors (Lipinski definition) is 5. The minimum Gasteiger partial charge on any atom is -0.440 e. The van der Waals surface area contributed by atoms with Crippen molar-refractivity contribution in [3.8, 4) is 0 Å². The largest absolute Gasteiger partial charge is 0.440 e. The van der Waals surface area contributed by atoms with E-state index in [1.54, 1.807) is 18.2 Å². The van der Waals surface area contributed by atoms with Crippen LogP contribution in [0.25, 0.3) is 11.1 Å². The molecule has 0 saturated carbocycles. The molecule has 1 aromatic heterocycles. The van der Waals surface area contributed by atoms with Crippen molar-refractivity contribution in [2.24, 2.45) is 0 Å². The van der Waals surface area contributed by atoms with Crippen LogP contribution in [-0.2, 0) is 15.3 Å². The highest BCUT2D eigenvalue weighted by Crippen LogP contribution is 2.35. The second-order valence-electron chi connectivity index (χ2n) is 5.83. The quantitative estimate of drug-likeness (QED) is 0.941. The Kier molecular flexibility index (Phi) is 3.53. The molecule has 2 heterocycles. The molecule has 1 saturated heterocycles. The molecule has 21 heavy (non-hydrogen) atoms. The Morgan fingerprint density at radius 2 is 2.24 bits per heavy atom. The van der Waals surface area contributed by atoms with E-state index in [1.807, 2.05) is 0 Å². The summed E-state index contributed by atoms with van der Waals surface area (Å²) in [5.41, 5.74) is 1.19. The lowest BCUT2D eigenvalue weighted by Gasteiger charge is -2.33. The Morgan fingerprint density at radius 1 is 1.43 bits per heavy atom. The summed E-state index contributed by atoms with van der Waals surface area (Å²) in [5.74, 6) is 0.720. The summed E-state index contributed by atoms with van der Waals surface area (Å²) < 4.78 is 29.2. The molecule has 5 nitrogen and oxygen atoms in total. The Hall–Kier alpha value is -1.40. The Morgan fingerprint density at radius 3 is 2.86 bits per heavy atom. The monoisotopic (exact) mass is 308 g/mol. The van der Waals surface area contributed by atoms with E-state index in [4.69, 9.17) is 4.42 Å². The predicted octanol–water partition coefficient (Wildman–Crippen LogP) is 2.26. The predicted molar refractivity (Wildman–Crippen MR) is 81.2 cm³/mol. The van der Waals surface area contributed by atoms with E-state index in [9.17, 15) is 8.42 Å². The van der Waals surface area contributed by atoms with E-state index in [0.717, 1.165) is 38.2 Å². The van der Waals surface area contributed by atoms with Crippen LogP contribution in [0.2, 0.25) is 0 Å². The first kappa shape index (κ1) is 14.5. The molecule has 1 fully saturated rings. The van der Waals surface area contributed by atoms with Gasteiger partial charge in [0.15, 0.2) is 15.4 Å². The third-order valence-electron chi connectivity index (χ3n) is 4.39. The van der Waals surface area contributed by atoms with Crippen molar-refractivity contribution in [2.45, 2.75) is 36.5 Å². The molecule has 3 rings (SSSR count). The van der Waals surface area contributed by atoms with Gasteiger partial charge in [-0.1, -0.05) is 6.92 Å². The summed E-state index contributed by atoms with van der Waals surface area (Å²) in [6.45, 7) is 4.03. The summed E-state index contributed by atoms with van der Waals surface area (Å²) in [5, 5.41) is 3.41. The first-order valence-electron chi connectivity index (χ1n) is 7.26. The van der Waals surface area contributed by atoms with Crippen LogP contribution in [0.15, 0.2) is 27.5 Å². The van der Waals surface area contributed by atoms with Crippen LogP contribution in [0.3, 0.4) is 0 Å². The molecule has 2 aromatic rings. The van der Waals surface area contributed by atoms with Gasteiger partial charge in [-0.15, -0.1) is 0 Å². The van der Waals surface area contributed by atoms with Crippen molar-refractivity contribution in [1.29, 1.82) is 0 Å². The molecule has 0 radical (unpaired) electrons. The molecular formula is C15H20N2O3S. The Balaban J connectivity index is 2.08. The van der Waals surface area contributed by atoms with Crippen molar-refractivity contribution in [2.75, 3.05) is 19.3 Å². The fourth-order valence-corrected chi connectivity index (χ4v) is 3.61. The first-order valence-corrected chi connectivity index (χ1v) is 9.16. The maximum absolute atomic E-state index is 11.6. The fourth-order valence-electron chi connectivity index (χ4n) is 2.97. The van der Waals surface area contributed by atoms with Gasteiger partial charge in [0.1, 0.15) is 5.52 Å². The fraction of sp³-hybridized carbons (Fsp3) is 0.533. The van der Waals surface area contributed by atoms with E-state index in [-0.39, 0.29) is 10.3 Å². The first-order chi connectivity index (χ1) is 9.94. The number of sulfone groups is 1. The third-order valence-corrected chi connectivity index (χ3v) is 5.50. The minimum absolute atomic E-state index is 0.0808. The average molecular weight is 308 g/mol. The molecule has 0 amide bonds. The number of aromatic nitrogens is 1. The van der Waals surface area contributed by atoms with Gasteiger partial charge in [-0.25, -0.2) is 13.4 Å². The SMILES string of the molecule is CCC1(c2nc3cc(S(C)(=O)=O)ccc3o2)CCCNC1. The third kappa shape index (κ3) is 2.58. The number of hydrogen-bond donors (Lipinski definition) is 1. The number of piperidine rings is 1. The van der Waals surface area contributed by atoms with Crippen LogP contribution in [0.1, 0.15) is 32.1 Å². The van der Waals surface area contributed by atoms with Crippen molar-refractivity contribution in [1.82, 2.24) is 10.3 Å². The molecule has 1 aliphatic rings. The summed E-state index contributed by atoms with van der Waals surface area (Å²) in [4.78, 5) is 4.86. The summed E-state index contributed by atoms with van der Waals surface area (Å²) >= 11 is 0. The van der Waals surface area contributed by atoms with Crippen molar-refractivity contribution in [3.05, 3.63) is 24.1 Å². The molecule has 0 aliphatic carbocycles. The van der Waals surface area contributed by atoms with Gasteiger partial charge in [-0.05, 0) is 44.0 Å². The second-order valence-corrected chi connectivity index (χ2v) is 7.85. The van der Waals surface area contributed by atoms with Crippen molar-refractivity contribution in [3.63, 3.8) is 0 Å². The van der Waals surface area contributed by atoms with Crippen LogP contribution in [0.4, 0.5) is 0 Å². The van der Waals surface area contributed by atoms with Crippen LogP contribution >= 0.6 is 0 Å². The van der Waals surface area contributed by atoms with E-state index < -0.39 is 9.84 Å². The number of benzene rings is 1. The average Bonchev–Trinajstić information content (AvgIpc) is 2.90. The zero-order chi connectivity index (χ0) is 15.1. The van der Waals surface area contributed by atoms with Crippen LogP contribution in [0.5, 0.6) is 0 Å². The second kappa shape index (κ2) is 5.10. The molecule has 1 N–H and O–H groups in total. The number of nitrogens with zero attached hydrogens (tertiary/aromatic N) is 1. The number of nitrogens with one attached hydrogen (secondary N) is 1. The Labute approximate surface area is 124 Å².